The van der Waals surface area contributed by atoms with Gasteiger partial charge in [-0.25, -0.2) is 4.98 Å². The molecule has 5 aromatic carbocycles. The Labute approximate surface area is 293 Å². The Morgan fingerprint density at radius 1 is 0.620 bits per heavy atom. The fourth-order valence-electron chi connectivity index (χ4n) is 6.06. The first kappa shape index (κ1) is 32.4. The molecule has 6 heteroatoms. The molecule has 0 aliphatic carbocycles. The molecule has 246 valence electrons. The monoisotopic (exact) mass is 655 g/mol. The topological polar surface area (TPSA) is 64.6 Å². The second-order valence-corrected chi connectivity index (χ2v) is 12.4. The summed E-state index contributed by atoms with van der Waals surface area (Å²) < 4.78 is 12.4. The Kier molecular flexibility index (Phi) is 10.2. The lowest BCUT2D eigenvalue weighted by Gasteiger charge is -2.20. The van der Waals surface area contributed by atoms with Crippen molar-refractivity contribution in [3.63, 3.8) is 0 Å². The minimum Gasteiger partial charge on any atom is -0.482 e. The molecular weight excluding hydrogens is 619 g/mol. The normalized spacial score (nSPS) is 13.8. The number of carbonyl (C=O) groups is 1. The minimum atomic E-state index is 0.0750. The van der Waals surface area contributed by atoms with Gasteiger partial charge >= 0.3 is 0 Å². The summed E-state index contributed by atoms with van der Waals surface area (Å²) in [4.78, 5) is 24.1. The van der Waals surface area contributed by atoms with Crippen LogP contribution in [0.25, 0.3) is 0 Å². The highest BCUT2D eigenvalue weighted by molar-refractivity contribution is 5.79. The third-order valence-electron chi connectivity index (χ3n) is 8.78. The van der Waals surface area contributed by atoms with E-state index in [1.807, 2.05) is 83.8 Å². The zero-order valence-electron chi connectivity index (χ0n) is 27.7. The third-order valence-corrected chi connectivity index (χ3v) is 8.78. The SMILES string of the molecule is O=C1CC(c2ccc(C#Cc3ccc(Cc4ccccc4)cc3)cc2)CN1Cc1ncnc(OCc2ccccc2)c1OCc1ccccc1. The molecule has 1 atom stereocenters. The molecule has 0 spiro atoms. The van der Waals surface area contributed by atoms with E-state index in [9.17, 15) is 4.79 Å². The van der Waals surface area contributed by atoms with Crippen LogP contribution < -0.4 is 9.47 Å². The highest BCUT2D eigenvalue weighted by Crippen LogP contribution is 2.34. The van der Waals surface area contributed by atoms with Crippen LogP contribution in [0.1, 0.15) is 57.0 Å². The van der Waals surface area contributed by atoms with Crippen molar-refractivity contribution in [2.75, 3.05) is 6.54 Å². The Morgan fingerprint density at radius 3 is 1.78 bits per heavy atom. The number of aromatic nitrogens is 2. The molecule has 6 aromatic rings. The molecule has 0 N–H and O–H groups in total. The molecule has 6 nitrogen and oxygen atoms in total. The summed E-state index contributed by atoms with van der Waals surface area (Å²) in [7, 11) is 0. The van der Waals surface area contributed by atoms with Gasteiger partial charge in [0.15, 0.2) is 0 Å². The number of hydrogen-bond donors (Lipinski definition) is 0. The summed E-state index contributed by atoms with van der Waals surface area (Å²) in [5, 5.41) is 0. The molecule has 0 bridgehead atoms. The zero-order valence-corrected chi connectivity index (χ0v) is 27.7. The fraction of sp³-hybridized carbons (Fsp3) is 0.159. The van der Waals surface area contributed by atoms with Crippen molar-refractivity contribution in [3.8, 4) is 23.5 Å². The van der Waals surface area contributed by atoms with Gasteiger partial charge < -0.3 is 14.4 Å². The van der Waals surface area contributed by atoms with Gasteiger partial charge in [0.2, 0.25) is 11.7 Å². The van der Waals surface area contributed by atoms with Gasteiger partial charge in [0.05, 0.1) is 6.54 Å². The maximum Gasteiger partial charge on any atom is 0.260 e. The Morgan fingerprint density at radius 2 is 1.16 bits per heavy atom. The standard InChI is InChI=1S/C44H37N3O3/c48-42-27-40(39-24-22-34(23-25-39)17-16-33-18-20-36(21-19-33)26-35-10-4-1-5-11-35)28-47(42)29-41-43(49-30-37-12-6-2-7-13-37)44(46-32-45-41)50-31-38-14-8-3-9-15-38/h1-15,18-25,32,40H,26-31H2. The number of ether oxygens (including phenoxy) is 2. The second-order valence-electron chi connectivity index (χ2n) is 12.4. The molecule has 1 aliphatic heterocycles. The van der Waals surface area contributed by atoms with E-state index in [1.54, 1.807) is 0 Å². The predicted octanol–water partition coefficient (Wildman–Crippen LogP) is 8.14. The lowest BCUT2D eigenvalue weighted by atomic mass is 9.97. The van der Waals surface area contributed by atoms with Gasteiger partial charge in [-0.15, -0.1) is 0 Å². The average Bonchev–Trinajstić information content (AvgIpc) is 3.54. The van der Waals surface area contributed by atoms with Crippen molar-refractivity contribution < 1.29 is 14.3 Å². The van der Waals surface area contributed by atoms with E-state index in [2.05, 4.69) is 82.5 Å². The zero-order chi connectivity index (χ0) is 34.0. The number of likely N-dealkylation sites (tertiary alicyclic amines) is 1. The quantitative estimate of drug-likeness (QED) is 0.132. The van der Waals surface area contributed by atoms with Crippen LogP contribution in [0.2, 0.25) is 0 Å². The number of hydrogen-bond acceptors (Lipinski definition) is 5. The summed E-state index contributed by atoms with van der Waals surface area (Å²) in [6.45, 7) is 1.55. The second kappa shape index (κ2) is 15.8. The summed E-state index contributed by atoms with van der Waals surface area (Å²) in [6, 6.07) is 47.0. The first-order chi connectivity index (χ1) is 24.7. The molecule has 0 radical (unpaired) electrons. The van der Waals surface area contributed by atoms with Crippen LogP contribution in [-0.2, 0) is 31.0 Å². The van der Waals surface area contributed by atoms with E-state index in [0.717, 1.165) is 34.2 Å². The molecule has 1 amide bonds. The molecule has 1 unspecified atom stereocenters. The summed E-state index contributed by atoms with van der Waals surface area (Å²) in [6.07, 6.45) is 2.81. The van der Waals surface area contributed by atoms with Gasteiger partial charge in [-0.3, -0.25) is 4.79 Å². The Bertz CT molecular complexity index is 2070. The number of amides is 1. The van der Waals surface area contributed by atoms with Crippen LogP contribution >= 0.6 is 0 Å². The van der Waals surface area contributed by atoms with Gasteiger partial charge in [-0.2, -0.15) is 4.98 Å². The van der Waals surface area contributed by atoms with Crippen LogP contribution in [0, 0.1) is 11.8 Å². The average molecular weight is 656 g/mol. The van der Waals surface area contributed by atoms with Gasteiger partial charge in [-0.05, 0) is 58.5 Å². The number of benzene rings is 5. The molecule has 7 rings (SSSR count). The van der Waals surface area contributed by atoms with Crippen LogP contribution in [0.15, 0.2) is 146 Å². The first-order valence-electron chi connectivity index (χ1n) is 16.9. The smallest absolute Gasteiger partial charge is 0.260 e. The van der Waals surface area contributed by atoms with E-state index >= 15 is 0 Å². The molecular formula is C44H37N3O3. The molecule has 50 heavy (non-hydrogen) atoms. The molecule has 1 aromatic heterocycles. The van der Waals surface area contributed by atoms with Crippen LogP contribution in [0.4, 0.5) is 0 Å². The largest absolute Gasteiger partial charge is 0.482 e. The van der Waals surface area contributed by atoms with E-state index in [-0.39, 0.29) is 11.8 Å². The molecule has 2 heterocycles. The molecule has 1 saturated heterocycles. The van der Waals surface area contributed by atoms with E-state index in [0.29, 0.717) is 50.0 Å². The first-order valence-corrected chi connectivity index (χ1v) is 16.9. The molecule has 1 aliphatic rings. The van der Waals surface area contributed by atoms with Crippen molar-refractivity contribution in [1.82, 2.24) is 14.9 Å². The number of nitrogens with zero attached hydrogens (tertiary/aromatic N) is 3. The fourth-order valence-corrected chi connectivity index (χ4v) is 6.06. The van der Waals surface area contributed by atoms with Crippen LogP contribution in [0.3, 0.4) is 0 Å². The lowest BCUT2D eigenvalue weighted by Crippen LogP contribution is -2.25. The molecule has 1 fully saturated rings. The summed E-state index contributed by atoms with van der Waals surface area (Å²) in [5.41, 5.74) is 8.24. The Balaban J connectivity index is 1.00. The summed E-state index contributed by atoms with van der Waals surface area (Å²) in [5.74, 6) is 7.54. The minimum absolute atomic E-state index is 0.0750. The van der Waals surface area contributed by atoms with Gasteiger partial charge in [0.1, 0.15) is 25.2 Å². The van der Waals surface area contributed by atoms with Gasteiger partial charge in [-0.1, -0.05) is 127 Å². The van der Waals surface area contributed by atoms with E-state index in [1.165, 1.54) is 17.5 Å². The highest BCUT2D eigenvalue weighted by Gasteiger charge is 2.32. The summed E-state index contributed by atoms with van der Waals surface area (Å²) >= 11 is 0. The van der Waals surface area contributed by atoms with Crippen molar-refractivity contribution in [1.29, 1.82) is 0 Å². The van der Waals surface area contributed by atoms with E-state index < -0.39 is 0 Å². The van der Waals surface area contributed by atoms with Crippen molar-refractivity contribution in [2.24, 2.45) is 0 Å². The predicted molar refractivity (Wildman–Crippen MR) is 194 cm³/mol. The van der Waals surface area contributed by atoms with Crippen molar-refractivity contribution >= 4 is 5.91 Å². The number of rotatable bonds is 11. The maximum atomic E-state index is 13.3. The van der Waals surface area contributed by atoms with Crippen LogP contribution in [0.5, 0.6) is 11.6 Å². The van der Waals surface area contributed by atoms with E-state index in [4.69, 9.17) is 9.47 Å². The highest BCUT2D eigenvalue weighted by atomic mass is 16.5. The Hall–Kier alpha value is -6.19. The number of carbonyl (C=O) groups excluding carboxylic acids is 1. The van der Waals surface area contributed by atoms with Gasteiger partial charge in [0.25, 0.3) is 5.88 Å². The molecule has 0 saturated carbocycles. The third kappa shape index (κ3) is 8.44. The van der Waals surface area contributed by atoms with Gasteiger partial charge in [0, 0.05) is 30.0 Å². The van der Waals surface area contributed by atoms with Crippen molar-refractivity contribution in [2.45, 2.75) is 38.5 Å². The lowest BCUT2D eigenvalue weighted by molar-refractivity contribution is -0.128. The van der Waals surface area contributed by atoms with Crippen LogP contribution in [-0.4, -0.2) is 27.3 Å². The maximum absolute atomic E-state index is 13.3. The van der Waals surface area contributed by atoms with Crippen molar-refractivity contribution in [3.05, 3.63) is 190 Å².